The highest BCUT2D eigenvalue weighted by Gasteiger charge is 2.09. The Labute approximate surface area is 117 Å². The van der Waals surface area contributed by atoms with Gasteiger partial charge in [-0.25, -0.2) is 0 Å². The van der Waals surface area contributed by atoms with Crippen LogP contribution in [0.3, 0.4) is 0 Å². The van der Waals surface area contributed by atoms with E-state index in [1.54, 1.807) is 0 Å². The van der Waals surface area contributed by atoms with Crippen molar-refractivity contribution in [2.75, 3.05) is 13.2 Å². The summed E-state index contributed by atoms with van der Waals surface area (Å²) in [5, 5.41) is 2.96. The van der Waals surface area contributed by atoms with Gasteiger partial charge in [-0.3, -0.25) is 4.79 Å². The summed E-state index contributed by atoms with van der Waals surface area (Å²) in [7, 11) is 0. The second kappa shape index (κ2) is 8.27. The molecule has 1 unspecified atom stereocenters. The first kappa shape index (κ1) is 15.2. The molecule has 3 nitrogen and oxygen atoms in total. The number of nitrogens with one attached hydrogen (secondary N) is 1. The van der Waals surface area contributed by atoms with Gasteiger partial charge in [0.15, 0.2) is 0 Å². The van der Waals surface area contributed by atoms with Gasteiger partial charge in [-0.15, -0.1) is 0 Å². The number of amides is 1. The highest BCUT2D eigenvalue weighted by Crippen LogP contribution is 2.16. The molecule has 1 atom stereocenters. The number of ether oxygens (including phenoxy) is 1. The Hall–Kier alpha value is -0.870. The maximum absolute atomic E-state index is 11.7. The number of carbonyl (C=O) groups excluding carboxylic acids is 1. The van der Waals surface area contributed by atoms with Crippen LogP contribution in [-0.4, -0.2) is 19.1 Å². The van der Waals surface area contributed by atoms with Gasteiger partial charge >= 0.3 is 0 Å². The second-order valence-electron chi connectivity index (χ2n) is 4.20. The van der Waals surface area contributed by atoms with Crippen LogP contribution in [0.4, 0.5) is 0 Å². The zero-order valence-corrected chi connectivity index (χ0v) is 12.5. The molecule has 4 heteroatoms. The largest absolute Gasteiger partial charge is 0.381 e. The Bertz CT molecular complexity index is 365. The van der Waals surface area contributed by atoms with E-state index in [-0.39, 0.29) is 11.9 Å². The summed E-state index contributed by atoms with van der Waals surface area (Å²) in [6.07, 6.45) is 1.40. The molecule has 0 radical (unpaired) electrons. The van der Waals surface area contributed by atoms with Crippen molar-refractivity contribution in [2.45, 2.75) is 32.7 Å². The minimum Gasteiger partial charge on any atom is -0.381 e. The number of carbonyl (C=O) groups is 1. The van der Waals surface area contributed by atoms with E-state index in [9.17, 15) is 4.79 Å². The second-order valence-corrected chi connectivity index (χ2v) is 5.12. The van der Waals surface area contributed by atoms with Crippen LogP contribution in [0, 0.1) is 0 Å². The summed E-state index contributed by atoms with van der Waals surface area (Å²) in [5.74, 6) is 0.0292. The smallest absolute Gasteiger partial charge is 0.222 e. The fraction of sp³-hybridized carbons (Fsp3) is 0.500. The van der Waals surface area contributed by atoms with Crippen molar-refractivity contribution in [3.05, 3.63) is 34.3 Å². The fourth-order valence-corrected chi connectivity index (χ4v) is 1.82. The SMILES string of the molecule is CCCOCCC(=O)NC(C)c1ccc(Br)cc1. The van der Waals surface area contributed by atoms with E-state index in [0.29, 0.717) is 13.0 Å². The predicted octanol–water partition coefficient (Wildman–Crippen LogP) is 3.44. The molecule has 0 bridgehead atoms. The molecule has 1 aromatic carbocycles. The standard InChI is InChI=1S/C14H20BrNO2/c1-3-9-18-10-8-14(17)16-11(2)12-4-6-13(15)7-5-12/h4-7,11H,3,8-10H2,1-2H3,(H,16,17). The van der Waals surface area contributed by atoms with Crippen molar-refractivity contribution in [3.8, 4) is 0 Å². The Balaban J connectivity index is 2.33. The summed E-state index contributed by atoms with van der Waals surface area (Å²) in [6.45, 7) is 5.24. The summed E-state index contributed by atoms with van der Waals surface area (Å²) in [6, 6.07) is 7.98. The van der Waals surface area contributed by atoms with Crippen molar-refractivity contribution in [3.63, 3.8) is 0 Å². The fourth-order valence-electron chi connectivity index (χ4n) is 1.56. The number of hydrogen-bond donors (Lipinski definition) is 1. The van der Waals surface area contributed by atoms with Crippen molar-refractivity contribution >= 4 is 21.8 Å². The Morgan fingerprint density at radius 2 is 2.00 bits per heavy atom. The van der Waals surface area contributed by atoms with Gasteiger partial charge in [-0.2, -0.15) is 0 Å². The summed E-state index contributed by atoms with van der Waals surface area (Å²) >= 11 is 3.39. The van der Waals surface area contributed by atoms with Crippen LogP contribution in [0.5, 0.6) is 0 Å². The predicted molar refractivity (Wildman–Crippen MR) is 76.4 cm³/mol. The minimum absolute atomic E-state index is 0.0248. The molecule has 0 aromatic heterocycles. The van der Waals surface area contributed by atoms with Gasteiger partial charge in [0, 0.05) is 17.5 Å². The lowest BCUT2D eigenvalue weighted by Gasteiger charge is -2.14. The Morgan fingerprint density at radius 1 is 1.33 bits per heavy atom. The molecule has 18 heavy (non-hydrogen) atoms. The van der Waals surface area contributed by atoms with E-state index in [2.05, 4.69) is 28.2 Å². The van der Waals surface area contributed by atoms with Gasteiger partial charge in [-0.1, -0.05) is 35.0 Å². The molecule has 1 rings (SSSR count). The van der Waals surface area contributed by atoms with Crippen LogP contribution in [-0.2, 0) is 9.53 Å². The minimum atomic E-state index is 0.0248. The van der Waals surface area contributed by atoms with Crippen LogP contribution in [0.15, 0.2) is 28.7 Å². The van der Waals surface area contributed by atoms with Crippen molar-refractivity contribution in [1.82, 2.24) is 5.32 Å². The maximum atomic E-state index is 11.7. The van der Waals surface area contributed by atoms with Crippen molar-refractivity contribution in [1.29, 1.82) is 0 Å². The van der Waals surface area contributed by atoms with Crippen molar-refractivity contribution < 1.29 is 9.53 Å². The summed E-state index contributed by atoms with van der Waals surface area (Å²) < 4.78 is 6.33. The molecule has 1 amide bonds. The van der Waals surface area contributed by atoms with Crippen molar-refractivity contribution in [2.24, 2.45) is 0 Å². The topological polar surface area (TPSA) is 38.3 Å². The summed E-state index contributed by atoms with van der Waals surface area (Å²) in [5.41, 5.74) is 1.10. The third-order valence-electron chi connectivity index (χ3n) is 2.57. The highest BCUT2D eigenvalue weighted by atomic mass is 79.9. The van der Waals surface area contributed by atoms with Crippen LogP contribution >= 0.6 is 15.9 Å². The normalized spacial score (nSPS) is 12.2. The van der Waals surface area contributed by atoms with Gasteiger partial charge in [0.25, 0.3) is 0 Å². The lowest BCUT2D eigenvalue weighted by atomic mass is 10.1. The first-order chi connectivity index (χ1) is 8.63. The third-order valence-corrected chi connectivity index (χ3v) is 3.10. The van der Waals surface area contributed by atoms with Gasteiger partial charge < -0.3 is 10.1 Å². The van der Waals surface area contributed by atoms with Crippen LogP contribution in [0.25, 0.3) is 0 Å². The number of halogens is 1. The molecule has 0 heterocycles. The molecule has 0 aliphatic heterocycles. The van der Waals surface area contributed by atoms with Gasteiger partial charge in [0.2, 0.25) is 5.91 Å². The zero-order valence-electron chi connectivity index (χ0n) is 10.9. The molecule has 0 saturated heterocycles. The van der Waals surface area contributed by atoms with E-state index >= 15 is 0 Å². The summed E-state index contributed by atoms with van der Waals surface area (Å²) in [4.78, 5) is 11.7. The lowest BCUT2D eigenvalue weighted by molar-refractivity contribution is -0.122. The van der Waals surface area contributed by atoms with E-state index < -0.39 is 0 Å². The van der Waals surface area contributed by atoms with E-state index in [1.165, 1.54) is 0 Å². The molecule has 0 fully saturated rings. The van der Waals surface area contributed by atoms with E-state index in [4.69, 9.17) is 4.74 Å². The van der Waals surface area contributed by atoms with Gasteiger partial charge in [0.05, 0.1) is 12.6 Å². The van der Waals surface area contributed by atoms with Gasteiger partial charge in [0.1, 0.15) is 0 Å². The molecular weight excluding hydrogens is 294 g/mol. The molecule has 100 valence electrons. The molecule has 0 spiro atoms. The maximum Gasteiger partial charge on any atom is 0.222 e. The highest BCUT2D eigenvalue weighted by molar-refractivity contribution is 9.10. The quantitative estimate of drug-likeness (QED) is 0.783. The number of benzene rings is 1. The first-order valence-electron chi connectivity index (χ1n) is 6.26. The molecule has 0 saturated carbocycles. The molecule has 1 N–H and O–H groups in total. The Morgan fingerprint density at radius 3 is 2.61 bits per heavy atom. The molecule has 0 aliphatic rings. The molecule has 1 aromatic rings. The van der Waals surface area contributed by atoms with Gasteiger partial charge in [-0.05, 0) is 31.0 Å². The van der Waals surface area contributed by atoms with Crippen LogP contribution in [0.2, 0.25) is 0 Å². The average molecular weight is 314 g/mol. The van der Waals surface area contributed by atoms with Crippen LogP contribution in [0.1, 0.15) is 38.3 Å². The van der Waals surface area contributed by atoms with E-state index in [1.807, 2.05) is 31.2 Å². The monoisotopic (exact) mass is 313 g/mol. The molecule has 0 aliphatic carbocycles. The average Bonchev–Trinajstić information content (AvgIpc) is 2.35. The third kappa shape index (κ3) is 5.65. The van der Waals surface area contributed by atoms with E-state index in [0.717, 1.165) is 23.1 Å². The number of hydrogen-bond acceptors (Lipinski definition) is 2. The number of rotatable bonds is 7. The zero-order chi connectivity index (χ0) is 13.4. The first-order valence-corrected chi connectivity index (χ1v) is 7.05. The molecular formula is C14H20BrNO2. The van der Waals surface area contributed by atoms with Crippen LogP contribution < -0.4 is 5.32 Å². The Kier molecular flexibility index (Phi) is 6.98. The lowest BCUT2D eigenvalue weighted by Crippen LogP contribution is -2.27.